The first-order valence-corrected chi connectivity index (χ1v) is 10.7. The topological polar surface area (TPSA) is 105 Å². The third-order valence-electron chi connectivity index (χ3n) is 6.57. The molecule has 0 aromatic rings. The van der Waals surface area contributed by atoms with Gasteiger partial charge >= 0.3 is 6.03 Å². The molecule has 3 fully saturated rings. The van der Waals surface area contributed by atoms with E-state index in [0.29, 0.717) is 45.0 Å². The van der Waals surface area contributed by atoms with Crippen molar-refractivity contribution < 1.29 is 19.1 Å². The molecule has 0 atom stereocenters. The average molecular weight is 431 g/mol. The first kappa shape index (κ1) is 23.9. The molecule has 3 aliphatic rings. The molecule has 2 saturated heterocycles. The summed E-state index contributed by atoms with van der Waals surface area (Å²) in [6.45, 7) is 4.46. The second kappa shape index (κ2) is 10.6. The molecule has 8 nitrogen and oxygen atoms in total. The van der Waals surface area contributed by atoms with Gasteiger partial charge in [-0.05, 0) is 57.4 Å². The average Bonchev–Trinajstić information content (AvgIpc) is 2.93. The maximum atomic E-state index is 12.9. The number of hydrogen-bond donors (Lipinski definition) is 2. The second-order valence-electron chi connectivity index (χ2n) is 8.35. The molecule has 3 N–H and O–H groups in total. The van der Waals surface area contributed by atoms with Crippen LogP contribution in [0.15, 0.2) is 0 Å². The Hall–Kier alpha value is -1.38. The van der Waals surface area contributed by atoms with Gasteiger partial charge in [0.2, 0.25) is 5.91 Å². The standard InChI is InChI=1S/C20H34N4O4.ClH/c1-2-15-4-8-20(9-5-15)18(26)24(19(27)22-20)14-17(25)23-11-6-16(7-12-23)28-13-3-10-21;/h15-16H,2-14,21H2,1H3,(H,22,27);1H. The van der Waals surface area contributed by atoms with Gasteiger partial charge in [-0.15, -0.1) is 12.4 Å². The molecular weight excluding hydrogens is 396 g/mol. The van der Waals surface area contributed by atoms with Crippen molar-refractivity contribution in [1.29, 1.82) is 0 Å². The lowest BCUT2D eigenvalue weighted by Crippen LogP contribution is -2.50. The summed E-state index contributed by atoms with van der Waals surface area (Å²) >= 11 is 0. The highest BCUT2D eigenvalue weighted by molar-refractivity contribution is 6.09. The highest BCUT2D eigenvalue weighted by Crippen LogP contribution is 2.37. The molecule has 1 aliphatic carbocycles. The number of hydrogen-bond acceptors (Lipinski definition) is 5. The monoisotopic (exact) mass is 430 g/mol. The van der Waals surface area contributed by atoms with Crippen LogP contribution in [0.3, 0.4) is 0 Å². The van der Waals surface area contributed by atoms with Crippen LogP contribution in [0.5, 0.6) is 0 Å². The first-order chi connectivity index (χ1) is 13.5. The number of imide groups is 1. The zero-order chi connectivity index (χ0) is 20.1. The van der Waals surface area contributed by atoms with E-state index in [9.17, 15) is 14.4 Å². The number of amides is 4. The van der Waals surface area contributed by atoms with Gasteiger partial charge in [0.25, 0.3) is 5.91 Å². The predicted octanol–water partition coefficient (Wildman–Crippen LogP) is 1.66. The third-order valence-corrected chi connectivity index (χ3v) is 6.57. The molecule has 0 bridgehead atoms. The van der Waals surface area contributed by atoms with E-state index in [1.54, 1.807) is 4.90 Å². The smallest absolute Gasteiger partial charge is 0.325 e. The van der Waals surface area contributed by atoms with Crippen molar-refractivity contribution in [3.05, 3.63) is 0 Å². The summed E-state index contributed by atoms with van der Waals surface area (Å²) in [5, 5.41) is 2.89. The normalized spacial score (nSPS) is 27.9. The number of urea groups is 1. The molecule has 4 amide bonds. The van der Waals surface area contributed by atoms with E-state index in [1.165, 1.54) is 0 Å². The summed E-state index contributed by atoms with van der Waals surface area (Å²) in [7, 11) is 0. The fraction of sp³-hybridized carbons (Fsp3) is 0.850. The van der Waals surface area contributed by atoms with E-state index in [4.69, 9.17) is 10.5 Å². The fourth-order valence-corrected chi connectivity index (χ4v) is 4.58. The van der Waals surface area contributed by atoms with Crippen molar-refractivity contribution in [2.24, 2.45) is 11.7 Å². The Balaban J connectivity index is 0.00000300. The lowest BCUT2D eigenvalue weighted by Gasteiger charge is -2.35. The van der Waals surface area contributed by atoms with Gasteiger partial charge in [0.15, 0.2) is 0 Å². The Morgan fingerprint density at radius 3 is 2.45 bits per heavy atom. The number of halogens is 1. The maximum absolute atomic E-state index is 12.9. The van der Waals surface area contributed by atoms with Crippen molar-refractivity contribution in [2.45, 2.75) is 69.9 Å². The van der Waals surface area contributed by atoms with Gasteiger partial charge in [-0.2, -0.15) is 0 Å². The molecule has 0 radical (unpaired) electrons. The van der Waals surface area contributed by atoms with Crippen molar-refractivity contribution in [3.63, 3.8) is 0 Å². The number of rotatable bonds is 7. The number of nitrogens with one attached hydrogen (secondary N) is 1. The van der Waals surface area contributed by atoms with Crippen LogP contribution in [0.25, 0.3) is 0 Å². The van der Waals surface area contributed by atoms with E-state index >= 15 is 0 Å². The quantitative estimate of drug-likeness (QED) is 0.472. The van der Waals surface area contributed by atoms with Crippen LogP contribution in [0.4, 0.5) is 4.79 Å². The van der Waals surface area contributed by atoms with Gasteiger partial charge in [0.05, 0.1) is 6.10 Å². The molecule has 0 aromatic heterocycles. The van der Waals surface area contributed by atoms with Gasteiger partial charge in [-0.1, -0.05) is 13.3 Å². The summed E-state index contributed by atoms with van der Waals surface area (Å²) in [6, 6.07) is -0.423. The molecule has 29 heavy (non-hydrogen) atoms. The van der Waals surface area contributed by atoms with Crippen molar-refractivity contribution in [1.82, 2.24) is 15.1 Å². The van der Waals surface area contributed by atoms with Crippen LogP contribution in [0.2, 0.25) is 0 Å². The predicted molar refractivity (Wildman–Crippen MR) is 112 cm³/mol. The molecule has 9 heteroatoms. The SMILES string of the molecule is CCC1CCC2(CC1)NC(=O)N(CC(=O)N1CCC(OCCCN)CC1)C2=O.Cl. The Kier molecular flexibility index (Phi) is 8.73. The summed E-state index contributed by atoms with van der Waals surface area (Å²) in [6.07, 6.45) is 6.89. The summed E-state index contributed by atoms with van der Waals surface area (Å²) in [5.41, 5.74) is 4.69. The zero-order valence-electron chi connectivity index (χ0n) is 17.4. The maximum Gasteiger partial charge on any atom is 0.325 e. The molecule has 1 spiro atoms. The molecule has 2 heterocycles. The lowest BCUT2D eigenvalue weighted by molar-refractivity contribution is -0.141. The van der Waals surface area contributed by atoms with Crippen molar-refractivity contribution >= 4 is 30.3 Å². The molecular formula is C20H35ClN4O4. The van der Waals surface area contributed by atoms with E-state index in [1.807, 2.05) is 0 Å². The molecule has 0 aromatic carbocycles. The van der Waals surface area contributed by atoms with Crippen LogP contribution < -0.4 is 11.1 Å². The van der Waals surface area contributed by atoms with Gasteiger partial charge in [0.1, 0.15) is 12.1 Å². The highest BCUT2D eigenvalue weighted by Gasteiger charge is 2.52. The Morgan fingerprint density at radius 2 is 1.86 bits per heavy atom. The van der Waals surface area contributed by atoms with Crippen LogP contribution >= 0.6 is 12.4 Å². The lowest BCUT2D eigenvalue weighted by atomic mass is 9.75. The Bertz CT molecular complexity index is 587. The Labute approximate surface area is 179 Å². The third kappa shape index (κ3) is 5.41. The number of ether oxygens (including phenoxy) is 1. The van der Waals surface area contributed by atoms with E-state index in [2.05, 4.69) is 12.2 Å². The number of piperidine rings is 1. The minimum atomic E-state index is -0.785. The van der Waals surface area contributed by atoms with E-state index in [0.717, 1.165) is 43.4 Å². The van der Waals surface area contributed by atoms with E-state index in [-0.39, 0.29) is 36.9 Å². The van der Waals surface area contributed by atoms with Gasteiger partial charge < -0.3 is 20.7 Å². The number of carbonyl (C=O) groups is 3. The van der Waals surface area contributed by atoms with Gasteiger partial charge in [-0.25, -0.2) is 4.79 Å². The van der Waals surface area contributed by atoms with Gasteiger partial charge in [0, 0.05) is 19.7 Å². The minimum Gasteiger partial charge on any atom is -0.378 e. The first-order valence-electron chi connectivity index (χ1n) is 10.7. The van der Waals surface area contributed by atoms with Gasteiger partial charge in [-0.3, -0.25) is 14.5 Å². The van der Waals surface area contributed by atoms with Crippen LogP contribution in [-0.4, -0.2) is 72.1 Å². The zero-order valence-corrected chi connectivity index (χ0v) is 18.2. The minimum absolute atomic E-state index is 0. The van der Waals surface area contributed by atoms with Crippen LogP contribution in [0.1, 0.15) is 58.3 Å². The highest BCUT2D eigenvalue weighted by atomic mass is 35.5. The van der Waals surface area contributed by atoms with Crippen molar-refractivity contribution in [2.75, 3.05) is 32.8 Å². The number of nitrogens with two attached hydrogens (primary N) is 1. The Morgan fingerprint density at radius 1 is 1.21 bits per heavy atom. The van der Waals surface area contributed by atoms with Crippen LogP contribution in [0, 0.1) is 5.92 Å². The molecule has 1 saturated carbocycles. The summed E-state index contributed by atoms with van der Waals surface area (Å²) in [5.74, 6) is 0.239. The summed E-state index contributed by atoms with van der Waals surface area (Å²) < 4.78 is 5.77. The number of carbonyl (C=O) groups excluding carboxylic acids is 3. The number of likely N-dealkylation sites (tertiary alicyclic amines) is 1. The second-order valence-corrected chi connectivity index (χ2v) is 8.35. The van der Waals surface area contributed by atoms with E-state index < -0.39 is 11.6 Å². The molecule has 0 unspecified atom stereocenters. The van der Waals surface area contributed by atoms with Crippen molar-refractivity contribution in [3.8, 4) is 0 Å². The van der Waals surface area contributed by atoms with Crippen LogP contribution in [-0.2, 0) is 14.3 Å². The largest absolute Gasteiger partial charge is 0.378 e. The number of nitrogens with zero attached hydrogens (tertiary/aromatic N) is 2. The summed E-state index contributed by atoms with van der Waals surface area (Å²) in [4.78, 5) is 40.9. The molecule has 2 aliphatic heterocycles. The molecule has 166 valence electrons. The molecule has 3 rings (SSSR count). The fourth-order valence-electron chi connectivity index (χ4n) is 4.58.